The highest BCUT2D eigenvalue weighted by molar-refractivity contribution is 5.99. The SMILES string of the molecule is Cn1ncc(C(=O)O)c1NC(=O)CC(NC(=O)OCC1c2ccccc2-c2ccccc21)C(F)F. The van der Waals surface area contributed by atoms with E-state index in [0.717, 1.165) is 33.1 Å². The van der Waals surface area contributed by atoms with Gasteiger partial charge in [-0.1, -0.05) is 48.5 Å². The summed E-state index contributed by atoms with van der Waals surface area (Å²) in [7, 11) is 1.39. The van der Waals surface area contributed by atoms with Crippen LogP contribution in [0.1, 0.15) is 33.8 Å². The van der Waals surface area contributed by atoms with Crippen LogP contribution in [0.4, 0.5) is 19.4 Å². The van der Waals surface area contributed by atoms with E-state index < -0.39 is 36.9 Å². The van der Waals surface area contributed by atoms with Crippen molar-refractivity contribution < 1.29 is 33.0 Å². The maximum atomic E-state index is 13.6. The van der Waals surface area contributed by atoms with Crippen LogP contribution in [0.5, 0.6) is 0 Å². The summed E-state index contributed by atoms with van der Waals surface area (Å²) in [4.78, 5) is 35.9. The van der Waals surface area contributed by atoms with E-state index in [1.54, 1.807) is 0 Å². The van der Waals surface area contributed by atoms with Crippen molar-refractivity contribution in [1.82, 2.24) is 15.1 Å². The Morgan fingerprint density at radius 3 is 2.26 bits per heavy atom. The van der Waals surface area contributed by atoms with Gasteiger partial charge in [-0.2, -0.15) is 5.10 Å². The second-order valence-electron chi connectivity index (χ2n) is 8.00. The number of amides is 2. The van der Waals surface area contributed by atoms with Crippen molar-refractivity contribution in [3.8, 4) is 11.1 Å². The number of hydrogen-bond donors (Lipinski definition) is 3. The first-order chi connectivity index (χ1) is 16.8. The number of carbonyl (C=O) groups is 3. The van der Waals surface area contributed by atoms with E-state index in [0.29, 0.717) is 0 Å². The molecule has 4 rings (SSSR count). The molecule has 3 N–H and O–H groups in total. The van der Waals surface area contributed by atoms with E-state index in [-0.39, 0.29) is 23.9 Å². The van der Waals surface area contributed by atoms with Gasteiger partial charge in [-0.25, -0.2) is 18.4 Å². The van der Waals surface area contributed by atoms with Crippen LogP contribution in [0.15, 0.2) is 54.7 Å². The number of halogens is 2. The van der Waals surface area contributed by atoms with Gasteiger partial charge in [0.25, 0.3) is 6.43 Å². The van der Waals surface area contributed by atoms with Crippen LogP contribution in [0.25, 0.3) is 11.1 Å². The van der Waals surface area contributed by atoms with E-state index in [9.17, 15) is 23.2 Å². The first-order valence-corrected chi connectivity index (χ1v) is 10.7. The van der Waals surface area contributed by atoms with Crippen LogP contribution in [0, 0.1) is 0 Å². The molecule has 0 bridgehead atoms. The zero-order valence-electron chi connectivity index (χ0n) is 18.6. The van der Waals surface area contributed by atoms with E-state index >= 15 is 0 Å². The van der Waals surface area contributed by atoms with Crippen LogP contribution < -0.4 is 10.6 Å². The molecule has 0 fully saturated rings. The van der Waals surface area contributed by atoms with E-state index in [4.69, 9.17) is 9.84 Å². The number of carbonyl (C=O) groups excluding carboxylic acids is 2. The molecule has 35 heavy (non-hydrogen) atoms. The Kier molecular flexibility index (Phi) is 6.76. The fourth-order valence-corrected chi connectivity index (χ4v) is 4.12. The number of nitrogens with zero attached hydrogens (tertiary/aromatic N) is 2. The van der Waals surface area contributed by atoms with E-state index in [1.165, 1.54) is 7.05 Å². The largest absolute Gasteiger partial charge is 0.477 e. The normalized spacial score (nSPS) is 13.1. The molecule has 1 atom stereocenters. The van der Waals surface area contributed by atoms with Gasteiger partial charge in [-0.05, 0) is 22.3 Å². The van der Waals surface area contributed by atoms with Crippen molar-refractivity contribution in [2.24, 2.45) is 7.05 Å². The standard InChI is InChI=1S/C24H22F2N4O5/c1-30-22(17(11-27-30)23(32)33)29-20(31)10-19(21(25)26)28-24(34)35-12-18-15-8-4-2-6-13(15)14-7-3-5-9-16(14)18/h2-9,11,18-19,21H,10,12H2,1H3,(H,28,34)(H,29,31)(H,32,33). The number of alkyl halides is 2. The van der Waals surface area contributed by atoms with Crippen molar-refractivity contribution in [1.29, 1.82) is 0 Å². The average Bonchev–Trinajstić information content (AvgIpc) is 3.35. The van der Waals surface area contributed by atoms with Crippen LogP contribution in [-0.4, -0.2) is 51.9 Å². The number of ether oxygens (including phenoxy) is 1. The summed E-state index contributed by atoms with van der Waals surface area (Å²) in [6.07, 6.45) is -3.92. The number of carboxylic acid groups (broad SMARTS) is 1. The summed E-state index contributed by atoms with van der Waals surface area (Å²) >= 11 is 0. The molecule has 3 aromatic rings. The van der Waals surface area contributed by atoms with Crippen molar-refractivity contribution in [3.63, 3.8) is 0 Å². The molecule has 11 heteroatoms. The molecule has 0 saturated carbocycles. The van der Waals surface area contributed by atoms with Crippen LogP contribution >= 0.6 is 0 Å². The number of nitrogens with one attached hydrogen (secondary N) is 2. The van der Waals surface area contributed by atoms with Gasteiger partial charge < -0.3 is 20.5 Å². The summed E-state index contributed by atoms with van der Waals surface area (Å²) < 4.78 is 33.5. The van der Waals surface area contributed by atoms with Gasteiger partial charge >= 0.3 is 12.1 Å². The monoisotopic (exact) mass is 484 g/mol. The fraction of sp³-hybridized carbons (Fsp3) is 0.250. The maximum absolute atomic E-state index is 13.6. The van der Waals surface area contributed by atoms with Gasteiger partial charge in [0.2, 0.25) is 5.91 Å². The van der Waals surface area contributed by atoms with Crippen LogP contribution in [0.2, 0.25) is 0 Å². The van der Waals surface area contributed by atoms with Crippen molar-refractivity contribution >= 4 is 23.8 Å². The number of hydrogen-bond acceptors (Lipinski definition) is 5. The number of rotatable bonds is 8. The highest BCUT2D eigenvalue weighted by Gasteiger charge is 2.31. The molecule has 0 spiro atoms. The Labute approximate surface area is 198 Å². The Balaban J connectivity index is 1.38. The Morgan fingerprint density at radius 2 is 1.69 bits per heavy atom. The number of carboxylic acids is 1. The molecular weight excluding hydrogens is 462 g/mol. The molecular formula is C24H22F2N4O5. The quantitative estimate of drug-likeness (QED) is 0.449. The lowest BCUT2D eigenvalue weighted by molar-refractivity contribution is -0.117. The van der Waals surface area contributed by atoms with Crippen molar-refractivity contribution in [2.45, 2.75) is 24.8 Å². The molecule has 2 amide bonds. The molecule has 2 aromatic carbocycles. The second-order valence-corrected chi connectivity index (χ2v) is 8.00. The van der Waals surface area contributed by atoms with Gasteiger partial charge in [0, 0.05) is 13.0 Å². The van der Waals surface area contributed by atoms with E-state index in [2.05, 4.69) is 10.4 Å². The lowest BCUT2D eigenvalue weighted by Crippen LogP contribution is -2.43. The van der Waals surface area contributed by atoms with Crippen molar-refractivity contribution in [3.05, 3.63) is 71.4 Å². The van der Waals surface area contributed by atoms with Crippen LogP contribution in [0.3, 0.4) is 0 Å². The second kappa shape index (κ2) is 9.92. The zero-order chi connectivity index (χ0) is 25.1. The molecule has 1 aliphatic rings. The number of aromatic carboxylic acids is 1. The molecule has 182 valence electrons. The first-order valence-electron chi connectivity index (χ1n) is 10.7. The minimum Gasteiger partial charge on any atom is -0.477 e. The lowest BCUT2D eigenvalue weighted by Gasteiger charge is -2.19. The molecule has 0 aliphatic heterocycles. The van der Waals surface area contributed by atoms with Crippen LogP contribution in [-0.2, 0) is 16.6 Å². The third kappa shape index (κ3) is 4.98. The van der Waals surface area contributed by atoms with Gasteiger partial charge in [-0.3, -0.25) is 9.48 Å². The van der Waals surface area contributed by atoms with Gasteiger partial charge in [-0.15, -0.1) is 0 Å². The summed E-state index contributed by atoms with van der Waals surface area (Å²) in [5.41, 5.74) is 3.69. The predicted octanol–water partition coefficient (Wildman–Crippen LogP) is 3.62. The molecule has 1 aliphatic carbocycles. The van der Waals surface area contributed by atoms with Gasteiger partial charge in [0.15, 0.2) is 0 Å². The molecule has 9 nitrogen and oxygen atoms in total. The zero-order valence-corrected chi connectivity index (χ0v) is 18.6. The number of alkyl carbamates (subject to hydrolysis) is 1. The van der Waals surface area contributed by atoms with Gasteiger partial charge in [0.05, 0.1) is 12.6 Å². The summed E-state index contributed by atoms with van der Waals surface area (Å²) in [5, 5.41) is 17.2. The molecule has 0 radical (unpaired) electrons. The fourth-order valence-electron chi connectivity index (χ4n) is 4.12. The average molecular weight is 484 g/mol. The van der Waals surface area contributed by atoms with E-state index in [1.807, 2.05) is 53.8 Å². The highest BCUT2D eigenvalue weighted by atomic mass is 19.3. The topological polar surface area (TPSA) is 123 Å². The first kappa shape index (κ1) is 23.9. The number of anilines is 1. The molecule has 1 unspecified atom stereocenters. The number of aromatic nitrogens is 2. The smallest absolute Gasteiger partial charge is 0.407 e. The Bertz CT molecular complexity index is 1230. The van der Waals surface area contributed by atoms with Gasteiger partial charge in [0.1, 0.15) is 24.0 Å². The number of fused-ring (bicyclic) bond motifs is 3. The lowest BCUT2D eigenvalue weighted by atomic mass is 9.98. The Hall–Kier alpha value is -4.28. The third-order valence-electron chi connectivity index (χ3n) is 5.78. The third-order valence-corrected chi connectivity index (χ3v) is 5.78. The van der Waals surface area contributed by atoms with Crippen molar-refractivity contribution in [2.75, 3.05) is 11.9 Å². The molecule has 1 heterocycles. The number of benzene rings is 2. The molecule has 0 saturated heterocycles. The molecule has 1 aromatic heterocycles. The summed E-state index contributed by atoms with van der Waals surface area (Å²) in [6, 6.07) is 13.5. The Morgan fingerprint density at radius 1 is 1.09 bits per heavy atom. The predicted molar refractivity (Wildman–Crippen MR) is 121 cm³/mol. The summed E-state index contributed by atoms with van der Waals surface area (Å²) in [6.45, 7) is -0.0704. The maximum Gasteiger partial charge on any atom is 0.407 e. The minimum absolute atomic E-state index is 0.0704. The number of aryl methyl sites for hydroxylation is 1. The highest BCUT2D eigenvalue weighted by Crippen LogP contribution is 2.44. The summed E-state index contributed by atoms with van der Waals surface area (Å²) in [5.74, 6) is -2.66. The minimum atomic E-state index is -3.06.